The molecule has 238 valence electrons. The van der Waals surface area contributed by atoms with Crippen molar-refractivity contribution >= 4 is 35.0 Å². The Morgan fingerprint density at radius 1 is 0.800 bits per heavy atom. The van der Waals surface area contributed by atoms with E-state index in [4.69, 9.17) is 24.4 Å². The summed E-state index contributed by atoms with van der Waals surface area (Å²) in [5.41, 5.74) is 3.48. The van der Waals surface area contributed by atoms with Gasteiger partial charge < -0.3 is 39.7 Å². The summed E-state index contributed by atoms with van der Waals surface area (Å²) in [5, 5.41) is 5.89. The number of ether oxygens (including phenoxy) is 2. The summed E-state index contributed by atoms with van der Waals surface area (Å²) < 4.78 is 11.5. The first-order chi connectivity index (χ1) is 22.0. The van der Waals surface area contributed by atoms with Gasteiger partial charge in [0.1, 0.15) is 0 Å². The lowest BCUT2D eigenvalue weighted by Gasteiger charge is -2.36. The maximum Gasteiger partial charge on any atom is 0.323 e. The second kappa shape index (κ2) is 13.2. The van der Waals surface area contributed by atoms with Crippen LogP contribution in [0.15, 0.2) is 48.5 Å². The average Bonchev–Trinajstić information content (AvgIpc) is 3.33. The van der Waals surface area contributed by atoms with Crippen LogP contribution in [0.1, 0.15) is 26.7 Å². The molecule has 4 aliphatic heterocycles. The van der Waals surface area contributed by atoms with Gasteiger partial charge in [-0.05, 0) is 74.8 Å². The lowest BCUT2D eigenvalue weighted by Crippen LogP contribution is -2.48. The molecule has 12 nitrogen and oxygen atoms in total. The quantitative estimate of drug-likeness (QED) is 0.407. The molecule has 0 aliphatic carbocycles. The van der Waals surface area contributed by atoms with Crippen LogP contribution in [-0.4, -0.2) is 110 Å². The first-order valence-electron chi connectivity index (χ1n) is 16.3. The second-order valence-corrected chi connectivity index (χ2v) is 12.3. The van der Waals surface area contributed by atoms with E-state index in [2.05, 4.69) is 56.2 Å². The van der Waals surface area contributed by atoms with E-state index >= 15 is 0 Å². The maximum absolute atomic E-state index is 12.8. The summed E-state index contributed by atoms with van der Waals surface area (Å²) in [7, 11) is 0. The van der Waals surface area contributed by atoms with E-state index in [1.165, 1.54) is 5.69 Å². The summed E-state index contributed by atoms with van der Waals surface area (Å²) in [6.07, 6.45) is 2.16. The van der Waals surface area contributed by atoms with Crippen LogP contribution >= 0.6 is 0 Å². The third kappa shape index (κ3) is 6.54. The predicted octanol–water partition coefficient (Wildman–Crippen LogP) is 3.92. The zero-order chi connectivity index (χ0) is 30.8. The zero-order valence-electron chi connectivity index (χ0n) is 26.2. The number of hydrogen-bond donors (Lipinski definition) is 2. The Balaban J connectivity index is 1.04. The van der Waals surface area contributed by atoms with Gasteiger partial charge in [-0.1, -0.05) is 6.92 Å². The summed E-state index contributed by atoms with van der Waals surface area (Å²) in [6, 6.07) is 16.2. The van der Waals surface area contributed by atoms with Crippen molar-refractivity contribution in [3.8, 4) is 11.4 Å². The number of rotatable bonds is 7. The summed E-state index contributed by atoms with van der Waals surface area (Å²) >= 11 is 0. The van der Waals surface area contributed by atoms with Gasteiger partial charge >= 0.3 is 6.03 Å². The SMILES string of the molecule is CCN1CCN(c2ccc(NC(=O)Nc3ccc(-c4nc(N5CCOCC5C)nc(N5C6CCC5COC6)n4)cc3)cc2)CC1. The molecule has 3 atom stereocenters. The van der Waals surface area contributed by atoms with Gasteiger partial charge in [-0.15, -0.1) is 0 Å². The van der Waals surface area contributed by atoms with Crippen LogP contribution in [-0.2, 0) is 9.47 Å². The number of aromatic nitrogens is 3. The van der Waals surface area contributed by atoms with Gasteiger partial charge in [0.2, 0.25) is 11.9 Å². The maximum atomic E-state index is 12.8. The second-order valence-electron chi connectivity index (χ2n) is 12.3. The molecule has 2 aromatic carbocycles. The van der Waals surface area contributed by atoms with Crippen molar-refractivity contribution in [3.05, 3.63) is 48.5 Å². The molecule has 4 aliphatic rings. The highest BCUT2D eigenvalue weighted by Crippen LogP contribution is 2.34. The van der Waals surface area contributed by atoms with Crippen LogP contribution in [0.5, 0.6) is 0 Å². The lowest BCUT2D eigenvalue weighted by molar-refractivity contribution is 0.0895. The Kier molecular flexibility index (Phi) is 8.68. The number of piperazine rings is 1. The van der Waals surface area contributed by atoms with Crippen LogP contribution in [0.4, 0.5) is 33.8 Å². The summed E-state index contributed by atoms with van der Waals surface area (Å²) in [6.45, 7) is 13.0. The molecule has 5 heterocycles. The van der Waals surface area contributed by atoms with Crippen molar-refractivity contribution in [1.82, 2.24) is 19.9 Å². The Hall–Kier alpha value is -4.00. The van der Waals surface area contributed by atoms with E-state index < -0.39 is 0 Å². The first kappa shape index (κ1) is 29.7. The summed E-state index contributed by atoms with van der Waals surface area (Å²) in [5.74, 6) is 2.00. The number of amides is 2. The van der Waals surface area contributed by atoms with E-state index in [-0.39, 0.29) is 24.2 Å². The minimum Gasteiger partial charge on any atom is -0.377 e. The molecule has 7 rings (SSSR count). The monoisotopic (exact) mass is 613 g/mol. The van der Waals surface area contributed by atoms with Crippen molar-refractivity contribution < 1.29 is 14.3 Å². The van der Waals surface area contributed by atoms with Crippen molar-refractivity contribution in [2.45, 2.75) is 44.8 Å². The normalized spacial score (nSPS) is 23.7. The number of carbonyl (C=O) groups excluding carboxylic acids is 1. The Morgan fingerprint density at radius 2 is 1.44 bits per heavy atom. The Labute approximate surface area is 264 Å². The molecule has 0 spiro atoms. The molecule has 1 aromatic heterocycles. The van der Waals surface area contributed by atoms with E-state index in [1.807, 2.05) is 36.4 Å². The van der Waals surface area contributed by atoms with Gasteiger partial charge in [-0.3, -0.25) is 0 Å². The number of carbonyl (C=O) groups is 1. The van der Waals surface area contributed by atoms with Crippen LogP contribution < -0.4 is 25.3 Å². The number of morpholine rings is 2. The fraction of sp³-hybridized carbons (Fsp3) is 0.515. The molecule has 2 N–H and O–H groups in total. The van der Waals surface area contributed by atoms with Gasteiger partial charge in [0.05, 0.1) is 44.6 Å². The molecule has 4 fully saturated rings. The molecule has 4 saturated heterocycles. The van der Waals surface area contributed by atoms with Crippen molar-refractivity contribution in [2.75, 3.05) is 91.0 Å². The molecule has 12 heteroatoms. The van der Waals surface area contributed by atoms with E-state index in [0.29, 0.717) is 49.8 Å². The topological polar surface area (TPSA) is 111 Å². The number of urea groups is 1. The molecular formula is C33H43N9O3. The predicted molar refractivity (Wildman–Crippen MR) is 176 cm³/mol. The third-order valence-corrected chi connectivity index (χ3v) is 9.42. The molecular weight excluding hydrogens is 570 g/mol. The fourth-order valence-electron chi connectivity index (χ4n) is 6.78. The molecule has 45 heavy (non-hydrogen) atoms. The Morgan fingerprint density at radius 3 is 2.09 bits per heavy atom. The molecule has 0 saturated carbocycles. The molecule has 3 unspecified atom stereocenters. The van der Waals surface area contributed by atoms with Gasteiger partial charge in [0.15, 0.2) is 5.82 Å². The molecule has 3 aromatic rings. The largest absolute Gasteiger partial charge is 0.377 e. The number of nitrogens with zero attached hydrogens (tertiary/aromatic N) is 7. The van der Waals surface area contributed by atoms with Gasteiger partial charge in [-0.2, -0.15) is 15.0 Å². The molecule has 0 radical (unpaired) electrons. The number of anilines is 5. The zero-order valence-corrected chi connectivity index (χ0v) is 26.2. The lowest BCUT2D eigenvalue weighted by atomic mass is 10.2. The number of benzene rings is 2. The van der Waals surface area contributed by atoms with Gasteiger partial charge in [-0.25, -0.2) is 4.79 Å². The minimum absolute atomic E-state index is 0.168. The van der Waals surface area contributed by atoms with Crippen LogP contribution in [0.25, 0.3) is 11.4 Å². The molecule has 2 bridgehead atoms. The summed E-state index contributed by atoms with van der Waals surface area (Å²) in [4.78, 5) is 37.1. The highest BCUT2D eigenvalue weighted by atomic mass is 16.5. The van der Waals surface area contributed by atoms with Crippen molar-refractivity contribution in [2.24, 2.45) is 0 Å². The highest BCUT2D eigenvalue weighted by molar-refractivity contribution is 5.99. The highest BCUT2D eigenvalue weighted by Gasteiger charge is 2.39. The molecule has 2 amide bonds. The van der Waals surface area contributed by atoms with E-state index in [9.17, 15) is 4.79 Å². The number of fused-ring (bicyclic) bond motifs is 2. The van der Waals surface area contributed by atoms with Crippen molar-refractivity contribution in [3.63, 3.8) is 0 Å². The number of hydrogen-bond acceptors (Lipinski definition) is 10. The Bertz CT molecular complexity index is 1450. The fourth-order valence-corrected chi connectivity index (χ4v) is 6.78. The number of likely N-dealkylation sites (N-methyl/N-ethyl adjacent to an activating group) is 1. The van der Waals surface area contributed by atoms with Gasteiger partial charge in [0, 0.05) is 55.3 Å². The van der Waals surface area contributed by atoms with E-state index in [0.717, 1.165) is 63.4 Å². The number of nitrogens with one attached hydrogen (secondary N) is 2. The smallest absolute Gasteiger partial charge is 0.323 e. The standard InChI is InChI=1S/C33H43N9O3/c1-3-39-14-16-40(17-15-39)27-10-8-26(9-11-27)35-33(43)34-25-6-4-24(5-7-25)30-36-31(41-18-19-44-20-23(41)2)38-32(37-30)42-28-12-13-29(42)22-45-21-28/h4-11,23,28-29H,3,12-22H2,1-2H3,(H2,34,35,43). The van der Waals surface area contributed by atoms with Gasteiger partial charge in [0.25, 0.3) is 0 Å². The van der Waals surface area contributed by atoms with Crippen LogP contribution in [0.2, 0.25) is 0 Å². The van der Waals surface area contributed by atoms with Crippen LogP contribution in [0, 0.1) is 0 Å². The third-order valence-electron chi connectivity index (χ3n) is 9.42. The van der Waals surface area contributed by atoms with Crippen molar-refractivity contribution in [1.29, 1.82) is 0 Å². The van der Waals surface area contributed by atoms with E-state index in [1.54, 1.807) is 0 Å². The average molecular weight is 614 g/mol. The first-order valence-corrected chi connectivity index (χ1v) is 16.3. The minimum atomic E-state index is -0.291. The van der Waals surface area contributed by atoms with Crippen LogP contribution in [0.3, 0.4) is 0 Å².